The SMILES string of the molecule is CCN(CC(=O)c1ccn(C)c1)c1ccccc1F. The molecule has 0 N–H and O–H groups in total. The summed E-state index contributed by atoms with van der Waals surface area (Å²) in [7, 11) is 1.87. The summed E-state index contributed by atoms with van der Waals surface area (Å²) < 4.78 is 15.6. The molecule has 0 bridgehead atoms. The van der Waals surface area contributed by atoms with E-state index in [1.54, 1.807) is 35.4 Å². The number of nitrogens with zero attached hydrogens (tertiary/aromatic N) is 2. The van der Waals surface area contributed by atoms with Gasteiger partial charge in [0.25, 0.3) is 0 Å². The Labute approximate surface area is 112 Å². The predicted molar refractivity (Wildman–Crippen MR) is 74.0 cm³/mol. The fraction of sp³-hybridized carbons (Fsp3) is 0.267. The lowest BCUT2D eigenvalue weighted by atomic mass is 10.2. The number of aryl methyl sites for hydroxylation is 1. The lowest BCUT2D eigenvalue weighted by Crippen LogP contribution is -2.30. The molecule has 0 spiro atoms. The number of rotatable bonds is 5. The Hall–Kier alpha value is -2.10. The molecular formula is C15H17FN2O. The Morgan fingerprint density at radius 2 is 2.05 bits per heavy atom. The minimum absolute atomic E-state index is 0.00861. The van der Waals surface area contributed by atoms with Crippen molar-refractivity contribution in [2.75, 3.05) is 18.0 Å². The van der Waals surface area contributed by atoms with Crippen molar-refractivity contribution in [2.24, 2.45) is 7.05 Å². The van der Waals surface area contributed by atoms with Crippen molar-refractivity contribution < 1.29 is 9.18 Å². The van der Waals surface area contributed by atoms with Crippen molar-refractivity contribution in [1.82, 2.24) is 4.57 Å². The highest BCUT2D eigenvalue weighted by molar-refractivity contribution is 5.99. The number of para-hydroxylation sites is 1. The van der Waals surface area contributed by atoms with Gasteiger partial charge in [-0.3, -0.25) is 4.79 Å². The van der Waals surface area contributed by atoms with Gasteiger partial charge in [-0.15, -0.1) is 0 Å². The van der Waals surface area contributed by atoms with Gasteiger partial charge in [-0.1, -0.05) is 12.1 Å². The molecule has 0 radical (unpaired) electrons. The molecule has 2 rings (SSSR count). The number of halogens is 1. The van der Waals surface area contributed by atoms with Crippen molar-refractivity contribution in [3.63, 3.8) is 0 Å². The van der Waals surface area contributed by atoms with Crippen LogP contribution < -0.4 is 4.90 Å². The number of Topliss-reactive ketones (excluding diaryl/α,β-unsaturated/α-hetero) is 1. The molecule has 3 nitrogen and oxygen atoms in total. The quantitative estimate of drug-likeness (QED) is 0.772. The zero-order chi connectivity index (χ0) is 13.8. The Bertz CT molecular complexity index is 577. The van der Waals surface area contributed by atoms with E-state index in [1.807, 2.05) is 24.7 Å². The Kier molecular flexibility index (Phi) is 4.00. The molecule has 0 fully saturated rings. The van der Waals surface area contributed by atoms with Crippen LogP contribution in [0.25, 0.3) is 0 Å². The van der Waals surface area contributed by atoms with Crippen LogP contribution >= 0.6 is 0 Å². The second-order valence-electron chi connectivity index (χ2n) is 4.45. The van der Waals surface area contributed by atoms with Crippen LogP contribution in [0.3, 0.4) is 0 Å². The van der Waals surface area contributed by atoms with Crippen LogP contribution in [0.15, 0.2) is 42.7 Å². The first-order valence-electron chi connectivity index (χ1n) is 6.26. The molecule has 1 heterocycles. The number of ketones is 1. The molecule has 1 aromatic heterocycles. The van der Waals surface area contributed by atoms with Crippen LogP contribution in [0.5, 0.6) is 0 Å². The van der Waals surface area contributed by atoms with Crippen LogP contribution in [0.1, 0.15) is 17.3 Å². The molecule has 100 valence electrons. The van der Waals surface area contributed by atoms with Gasteiger partial charge in [0.15, 0.2) is 5.78 Å². The van der Waals surface area contributed by atoms with Gasteiger partial charge in [-0.05, 0) is 25.1 Å². The zero-order valence-electron chi connectivity index (χ0n) is 11.1. The average molecular weight is 260 g/mol. The molecule has 19 heavy (non-hydrogen) atoms. The summed E-state index contributed by atoms with van der Waals surface area (Å²) in [5.74, 6) is -0.309. The molecule has 0 atom stereocenters. The molecule has 0 unspecified atom stereocenters. The molecule has 1 aromatic carbocycles. The zero-order valence-corrected chi connectivity index (χ0v) is 11.1. The van der Waals surface area contributed by atoms with Crippen molar-refractivity contribution >= 4 is 11.5 Å². The van der Waals surface area contributed by atoms with Crippen molar-refractivity contribution in [3.05, 3.63) is 54.1 Å². The van der Waals surface area contributed by atoms with Crippen molar-refractivity contribution in [3.8, 4) is 0 Å². The number of aromatic nitrogens is 1. The maximum Gasteiger partial charge on any atom is 0.183 e. The summed E-state index contributed by atoms with van der Waals surface area (Å²) in [6.45, 7) is 2.67. The lowest BCUT2D eigenvalue weighted by Gasteiger charge is -2.22. The molecule has 0 aliphatic carbocycles. The van der Waals surface area contributed by atoms with Gasteiger partial charge < -0.3 is 9.47 Å². The largest absolute Gasteiger partial charge is 0.362 e. The Morgan fingerprint density at radius 3 is 2.63 bits per heavy atom. The topological polar surface area (TPSA) is 25.2 Å². The summed E-state index contributed by atoms with van der Waals surface area (Å²) in [5.41, 5.74) is 1.12. The summed E-state index contributed by atoms with van der Waals surface area (Å²) >= 11 is 0. The average Bonchev–Trinajstić information content (AvgIpc) is 2.83. The molecule has 4 heteroatoms. The fourth-order valence-electron chi connectivity index (χ4n) is 2.01. The minimum atomic E-state index is -0.301. The van der Waals surface area contributed by atoms with E-state index in [1.165, 1.54) is 6.07 Å². The molecule has 0 aliphatic heterocycles. The summed E-state index contributed by atoms with van der Waals surface area (Å²) in [5, 5.41) is 0. The lowest BCUT2D eigenvalue weighted by molar-refractivity contribution is 0.0999. The molecule has 0 saturated carbocycles. The van der Waals surface area contributed by atoms with Gasteiger partial charge in [0.2, 0.25) is 0 Å². The van der Waals surface area contributed by atoms with Crippen LogP contribution in [0.4, 0.5) is 10.1 Å². The van der Waals surface area contributed by atoms with E-state index in [0.29, 0.717) is 17.8 Å². The predicted octanol–water partition coefficient (Wildman–Crippen LogP) is 2.87. The fourth-order valence-corrected chi connectivity index (χ4v) is 2.01. The second kappa shape index (κ2) is 5.69. The minimum Gasteiger partial charge on any atom is -0.362 e. The number of hydrogen-bond donors (Lipinski definition) is 0. The van der Waals surface area contributed by atoms with Gasteiger partial charge in [-0.25, -0.2) is 4.39 Å². The van der Waals surface area contributed by atoms with Crippen LogP contribution in [-0.2, 0) is 7.05 Å². The summed E-state index contributed by atoms with van der Waals surface area (Å²) in [4.78, 5) is 13.9. The molecule has 2 aromatic rings. The highest BCUT2D eigenvalue weighted by Gasteiger charge is 2.15. The van der Waals surface area contributed by atoms with Crippen LogP contribution in [0.2, 0.25) is 0 Å². The summed E-state index contributed by atoms with van der Waals surface area (Å²) in [6, 6.07) is 8.29. The van der Waals surface area contributed by atoms with Gasteiger partial charge in [0.05, 0.1) is 12.2 Å². The third-order valence-electron chi connectivity index (χ3n) is 3.06. The summed E-state index contributed by atoms with van der Waals surface area (Å²) in [6.07, 6.45) is 3.60. The van der Waals surface area contributed by atoms with Gasteiger partial charge in [0, 0.05) is 31.5 Å². The van der Waals surface area contributed by atoms with Crippen molar-refractivity contribution in [2.45, 2.75) is 6.92 Å². The van der Waals surface area contributed by atoms with E-state index in [0.717, 1.165) is 0 Å². The van der Waals surface area contributed by atoms with Crippen LogP contribution in [-0.4, -0.2) is 23.4 Å². The smallest absolute Gasteiger partial charge is 0.183 e. The third kappa shape index (κ3) is 3.02. The molecule has 0 saturated heterocycles. The van der Waals surface area contributed by atoms with E-state index < -0.39 is 0 Å². The van der Waals surface area contributed by atoms with E-state index >= 15 is 0 Å². The normalized spacial score (nSPS) is 10.5. The first-order valence-corrected chi connectivity index (χ1v) is 6.26. The van der Waals surface area contributed by atoms with Gasteiger partial charge in [0.1, 0.15) is 5.82 Å². The van der Waals surface area contributed by atoms with E-state index in [4.69, 9.17) is 0 Å². The molecule has 0 amide bonds. The van der Waals surface area contributed by atoms with E-state index in [9.17, 15) is 9.18 Å². The monoisotopic (exact) mass is 260 g/mol. The first kappa shape index (κ1) is 13.3. The maximum atomic E-state index is 13.7. The van der Waals surface area contributed by atoms with E-state index in [-0.39, 0.29) is 18.1 Å². The number of carbonyl (C=O) groups excluding carboxylic acids is 1. The van der Waals surface area contributed by atoms with E-state index in [2.05, 4.69) is 0 Å². The highest BCUT2D eigenvalue weighted by Crippen LogP contribution is 2.18. The van der Waals surface area contributed by atoms with Gasteiger partial charge >= 0.3 is 0 Å². The Morgan fingerprint density at radius 1 is 1.32 bits per heavy atom. The first-order chi connectivity index (χ1) is 9.11. The maximum absolute atomic E-state index is 13.7. The number of likely N-dealkylation sites (N-methyl/N-ethyl adjacent to an activating group) is 1. The van der Waals surface area contributed by atoms with Crippen molar-refractivity contribution in [1.29, 1.82) is 0 Å². The number of anilines is 1. The molecular weight excluding hydrogens is 243 g/mol. The van der Waals surface area contributed by atoms with Crippen LogP contribution in [0, 0.1) is 5.82 Å². The standard InChI is InChI=1S/C15H17FN2O/c1-3-18(14-7-5-4-6-13(14)16)11-15(19)12-8-9-17(2)10-12/h4-10H,3,11H2,1-2H3. The number of benzene rings is 1. The molecule has 0 aliphatic rings. The second-order valence-corrected chi connectivity index (χ2v) is 4.45. The number of carbonyl (C=O) groups is 1. The highest BCUT2D eigenvalue weighted by atomic mass is 19.1. The Balaban J connectivity index is 2.16. The number of hydrogen-bond acceptors (Lipinski definition) is 2. The third-order valence-corrected chi connectivity index (χ3v) is 3.06. The van der Waals surface area contributed by atoms with Gasteiger partial charge in [-0.2, -0.15) is 0 Å².